The predicted octanol–water partition coefficient (Wildman–Crippen LogP) is 2.97. The molecule has 0 radical (unpaired) electrons. The predicted molar refractivity (Wildman–Crippen MR) is 90.0 cm³/mol. The van der Waals surface area contributed by atoms with Gasteiger partial charge in [0.05, 0.1) is 18.9 Å². The minimum absolute atomic E-state index is 0. The standard InChI is InChI=1S/C16H24N2O3.ClH/c1-10(2)21-15-7-6-13(20-3)9-14(15)18-16(19)11-4-5-12(17)8-11;/h6-7,9-12H,4-5,8,17H2,1-3H3,(H,18,19);1H. The van der Waals surface area contributed by atoms with Crippen LogP contribution in [0.25, 0.3) is 0 Å². The number of methoxy groups -OCH3 is 1. The zero-order valence-electron chi connectivity index (χ0n) is 13.3. The lowest BCUT2D eigenvalue weighted by Gasteiger charge is -2.17. The molecule has 1 aliphatic rings. The molecule has 0 aliphatic heterocycles. The number of nitrogens with one attached hydrogen (secondary N) is 1. The Morgan fingerprint density at radius 2 is 2.09 bits per heavy atom. The Morgan fingerprint density at radius 1 is 1.36 bits per heavy atom. The van der Waals surface area contributed by atoms with Crippen LogP contribution in [-0.2, 0) is 4.79 Å². The molecule has 6 heteroatoms. The fourth-order valence-corrected chi connectivity index (χ4v) is 2.58. The number of hydrogen-bond donors (Lipinski definition) is 2. The topological polar surface area (TPSA) is 73.6 Å². The van der Waals surface area contributed by atoms with Crippen molar-refractivity contribution >= 4 is 24.0 Å². The maximum Gasteiger partial charge on any atom is 0.227 e. The third kappa shape index (κ3) is 4.78. The largest absolute Gasteiger partial charge is 0.497 e. The summed E-state index contributed by atoms with van der Waals surface area (Å²) in [4.78, 5) is 12.3. The van der Waals surface area contributed by atoms with Gasteiger partial charge in [-0.2, -0.15) is 0 Å². The summed E-state index contributed by atoms with van der Waals surface area (Å²) in [5, 5.41) is 2.95. The lowest BCUT2D eigenvalue weighted by Crippen LogP contribution is -2.23. The van der Waals surface area contributed by atoms with Gasteiger partial charge in [0.15, 0.2) is 0 Å². The molecule has 124 valence electrons. The summed E-state index contributed by atoms with van der Waals surface area (Å²) in [6.45, 7) is 3.90. The van der Waals surface area contributed by atoms with Crippen LogP contribution in [0.2, 0.25) is 0 Å². The first-order chi connectivity index (χ1) is 9.99. The number of halogens is 1. The Hall–Kier alpha value is -1.46. The molecule has 0 spiro atoms. The minimum Gasteiger partial charge on any atom is -0.497 e. The number of ether oxygens (including phenoxy) is 2. The molecule has 0 saturated heterocycles. The molecule has 2 unspecified atom stereocenters. The van der Waals surface area contributed by atoms with E-state index >= 15 is 0 Å². The molecule has 2 rings (SSSR count). The molecule has 3 N–H and O–H groups in total. The number of amides is 1. The van der Waals surface area contributed by atoms with E-state index < -0.39 is 0 Å². The van der Waals surface area contributed by atoms with Gasteiger partial charge in [0.25, 0.3) is 0 Å². The van der Waals surface area contributed by atoms with Crippen molar-refractivity contribution in [3.63, 3.8) is 0 Å². The average molecular weight is 329 g/mol. The van der Waals surface area contributed by atoms with E-state index in [4.69, 9.17) is 15.2 Å². The molecule has 1 aromatic rings. The lowest BCUT2D eigenvalue weighted by atomic mass is 10.1. The summed E-state index contributed by atoms with van der Waals surface area (Å²) < 4.78 is 10.9. The highest BCUT2D eigenvalue weighted by atomic mass is 35.5. The van der Waals surface area contributed by atoms with Crippen LogP contribution in [0.3, 0.4) is 0 Å². The lowest BCUT2D eigenvalue weighted by molar-refractivity contribution is -0.119. The van der Waals surface area contributed by atoms with E-state index in [-0.39, 0.29) is 36.4 Å². The minimum atomic E-state index is -0.0156. The smallest absolute Gasteiger partial charge is 0.227 e. The maximum absolute atomic E-state index is 12.3. The number of carbonyl (C=O) groups is 1. The third-order valence-electron chi connectivity index (χ3n) is 3.65. The second kappa shape index (κ2) is 8.25. The molecule has 1 amide bonds. The molecule has 0 aromatic heterocycles. The van der Waals surface area contributed by atoms with Crippen molar-refractivity contribution in [1.29, 1.82) is 0 Å². The molecule has 1 fully saturated rings. The first kappa shape index (κ1) is 18.6. The number of hydrogen-bond acceptors (Lipinski definition) is 4. The zero-order valence-corrected chi connectivity index (χ0v) is 14.1. The van der Waals surface area contributed by atoms with E-state index in [0.717, 1.165) is 19.3 Å². The Labute approximate surface area is 138 Å². The van der Waals surface area contributed by atoms with Gasteiger partial charge >= 0.3 is 0 Å². The number of anilines is 1. The van der Waals surface area contributed by atoms with Crippen LogP contribution in [0, 0.1) is 5.92 Å². The van der Waals surface area contributed by atoms with Gasteiger partial charge in [-0.15, -0.1) is 12.4 Å². The number of nitrogens with two attached hydrogens (primary N) is 1. The molecule has 0 bridgehead atoms. The van der Waals surface area contributed by atoms with Crippen LogP contribution in [0.15, 0.2) is 18.2 Å². The Kier molecular flexibility index (Phi) is 6.97. The van der Waals surface area contributed by atoms with E-state index in [0.29, 0.717) is 17.2 Å². The molecular formula is C16H25ClN2O3. The van der Waals surface area contributed by atoms with E-state index in [1.54, 1.807) is 13.2 Å². The normalized spacial score (nSPS) is 20.4. The molecular weight excluding hydrogens is 304 g/mol. The SMILES string of the molecule is COc1ccc(OC(C)C)c(NC(=O)C2CCC(N)C2)c1.Cl. The summed E-state index contributed by atoms with van der Waals surface area (Å²) in [5.74, 6) is 1.33. The van der Waals surface area contributed by atoms with Gasteiger partial charge in [0, 0.05) is 18.0 Å². The second-order valence-corrected chi connectivity index (χ2v) is 5.79. The monoisotopic (exact) mass is 328 g/mol. The van der Waals surface area contributed by atoms with Crippen LogP contribution in [-0.4, -0.2) is 25.2 Å². The van der Waals surface area contributed by atoms with Gasteiger partial charge in [-0.1, -0.05) is 0 Å². The molecule has 1 saturated carbocycles. The van der Waals surface area contributed by atoms with Crippen molar-refractivity contribution < 1.29 is 14.3 Å². The quantitative estimate of drug-likeness (QED) is 0.871. The highest BCUT2D eigenvalue weighted by Gasteiger charge is 2.28. The maximum atomic E-state index is 12.3. The summed E-state index contributed by atoms with van der Waals surface area (Å²) in [6, 6.07) is 5.55. The molecule has 2 atom stereocenters. The summed E-state index contributed by atoms with van der Waals surface area (Å²) in [7, 11) is 1.60. The van der Waals surface area contributed by atoms with Gasteiger partial charge in [-0.3, -0.25) is 4.79 Å². The molecule has 1 aromatic carbocycles. The fraction of sp³-hybridized carbons (Fsp3) is 0.562. The summed E-state index contributed by atoms with van der Waals surface area (Å²) in [5.41, 5.74) is 6.52. The van der Waals surface area contributed by atoms with Crippen LogP contribution in [0.4, 0.5) is 5.69 Å². The Morgan fingerprint density at radius 3 is 2.64 bits per heavy atom. The van der Waals surface area contributed by atoms with Gasteiger partial charge in [0.2, 0.25) is 5.91 Å². The van der Waals surface area contributed by atoms with E-state index in [9.17, 15) is 4.79 Å². The Balaban J connectivity index is 0.00000242. The van der Waals surface area contributed by atoms with Gasteiger partial charge in [-0.25, -0.2) is 0 Å². The van der Waals surface area contributed by atoms with Crippen molar-refractivity contribution in [3.8, 4) is 11.5 Å². The van der Waals surface area contributed by atoms with Crippen molar-refractivity contribution in [1.82, 2.24) is 0 Å². The summed E-state index contributed by atoms with van der Waals surface area (Å²) in [6.07, 6.45) is 2.54. The number of carbonyl (C=O) groups excluding carboxylic acids is 1. The molecule has 0 heterocycles. The average Bonchev–Trinajstić information content (AvgIpc) is 2.87. The van der Waals surface area contributed by atoms with Gasteiger partial charge in [-0.05, 0) is 45.2 Å². The van der Waals surface area contributed by atoms with Crippen LogP contribution >= 0.6 is 12.4 Å². The van der Waals surface area contributed by atoms with E-state index in [1.165, 1.54) is 0 Å². The highest BCUT2D eigenvalue weighted by molar-refractivity contribution is 5.94. The first-order valence-corrected chi connectivity index (χ1v) is 7.40. The van der Waals surface area contributed by atoms with Crippen molar-refractivity contribution in [3.05, 3.63) is 18.2 Å². The van der Waals surface area contributed by atoms with Crippen molar-refractivity contribution in [2.75, 3.05) is 12.4 Å². The second-order valence-electron chi connectivity index (χ2n) is 5.79. The molecule has 5 nitrogen and oxygen atoms in total. The van der Waals surface area contributed by atoms with E-state index in [1.807, 2.05) is 26.0 Å². The van der Waals surface area contributed by atoms with Crippen LogP contribution < -0.4 is 20.5 Å². The highest BCUT2D eigenvalue weighted by Crippen LogP contribution is 2.32. The number of benzene rings is 1. The molecule has 22 heavy (non-hydrogen) atoms. The first-order valence-electron chi connectivity index (χ1n) is 7.40. The third-order valence-corrected chi connectivity index (χ3v) is 3.65. The van der Waals surface area contributed by atoms with Gasteiger partial charge < -0.3 is 20.5 Å². The summed E-state index contributed by atoms with van der Waals surface area (Å²) >= 11 is 0. The number of rotatable bonds is 5. The van der Waals surface area contributed by atoms with Gasteiger partial charge in [0.1, 0.15) is 11.5 Å². The van der Waals surface area contributed by atoms with Crippen LogP contribution in [0.1, 0.15) is 33.1 Å². The van der Waals surface area contributed by atoms with E-state index in [2.05, 4.69) is 5.32 Å². The fourth-order valence-electron chi connectivity index (χ4n) is 2.58. The molecule has 1 aliphatic carbocycles. The van der Waals surface area contributed by atoms with Crippen LogP contribution in [0.5, 0.6) is 11.5 Å². The van der Waals surface area contributed by atoms with Crippen molar-refractivity contribution in [2.45, 2.75) is 45.3 Å². The van der Waals surface area contributed by atoms with Crippen molar-refractivity contribution in [2.24, 2.45) is 11.7 Å². The Bertz CT molecular complexity index is 508. The zero-order chi connectivity index (χ0) is 15.4.